The van der Waals surface area contributed by atoms with E-state index in [-0.39, 0.29) is 17.2 Å². The lowest BCUT2D eigenvalue weighted by molar-refractivity contribution is -0.118. The van der Waals surface area contributed by atoms with Crippen LogP contribution in [0.1, 0.15) is 59.4 Å². The molecule has 0 spiro atoms. The Bertz CT molecular complexity index is 1650. The van der Waals surface area contributed by atoms with Crippen LogP contribution in [-0.2, 0) is 27.3 Å². The number of alkyl carbamates (subject to hydrolysis) is 1. The molecule has 0 bridgehead atoms. The van der Waals surface area contributed by atoms with Crippen molar-refractivity contribution in [1.29, 1.82) is 0 Å². The number of nitrogens with one attached hydrogen (secondary N) is 2. The Morgan fingerprint density at radius 3 is 2.33 bits per heavy atom. The van der Waals surface area contributed by atoms with Gasteiger partial charge in [0.25, 0.3) is 5.91 Å². The van der Waals surface area contributed by atoms with Crippen molar-refractivity contribution >= 4 is 35.3 Å². The molecular formula is C34H31ClN2O5. The number of ether oxygens (including phenoxy) is 2. The van der Waals surface area contributed by atoms with E-state index >= 15 is 0 Å². The second-order valence-corrected chi connectivity index (χ2v) is 11.4. The molecule has 0 aromatic heterocycles. The first-order valence-electron chi connectivity index (χ1n) is 13.6. The van der Waals surface area contributed by atoms with Gasteiger partial charge in [-0.1, -0.05) is 84.4 Å². The van der Waals surface area contributed by atoms with E-state index in [0.29, 0.717) is 11.3 Å². The van der Waals surface area contributed by atoms with Crippen LogP contribution in [0.15, 0.2) is 91.0 Å². The number of anilines is 1. The number of rotatable bonds is 7. The van der Waals surface area contributed by atoms with Gasteiger partial charge in [0, 0.05) is 5.69 Å². The van der Waals surface area contributed by atoms with Gasteiger partial charge >= 0.3 is 12.1 Å². The lowest BCUT2D eigenvalue weighted by Gasteiger charge is -2.21. The van der Waals surface area contributed by atoms with Crippen molar-refractivity contribution < 1.29 is 23.9 Å². The van der Waals surface area contributed by atoms with Crippen LogP contribution >= 0.6 is 11.6 Å². The van der Waals surface area contributed by atoms with Crippen LogP contribution in [0.3, 0.4) is 0 Å². The lowest BCUT2D eigenvalue weighted by atomic mass is 10.0. The minimum absolute atomic E-state index is 0.0634. The molecule has 0 aliphatic heterocycles. The predicted octanol–water partition coefficient (Wildman–Crippen LogP) is 7.47. The molecule has 0 saturated heterocycles. The third kappa shape index (κ3) is 6.64. The Kier molecular flexibility index (Phi) is 8.31. The largest absolute Gasteiger partial charge is 0.456 e. The third-order valence-corrected chi connectivity index (χ3v) is 7.13. The normalized spacial score (nSPS) is 12.5. The van der Waals surface area contributed by atoms with E-state index in [9.17, 15) is 14.4 Å². The Labute approximate surface area is 249 Å². The SMILES string of the molecule is CC(C)(C)OC(=O)c1ccc(NC(=O)[C@@H](NC(=O)OCc2cccc3c2Cc2ccccc2-3)c2ccccc2)cc1Cl. The summed E-state index contributed by atoms with van der Waals surface area (Å²) in [5.41, 5.74) is 6.05. The molecule has 4 aromatic rings. The first-order chi connectivity index (χ1) is 20.1. The van der Waals surface area contributed by atoms with Crippen LogP contribution in [0.4, 0.5) is 10.5 Å². The number of esters is 1. The standard InChI is InChI=1S/C34H31ClN2O5/c1-34(2,3)42-32(39)27-17-16-24(19-29(27)35)36-31(38)30(21-10-5-4-6-11-21)37-33(40)41-20-23-13-9-15-26-25-14-8-7-12-22(25)18-28(23)26/h4-17,19,30H,18,20H2,1-3H3,(H,36,38)(H,37,40)/t30-/m0/s1. The molecule has 7 nitrogen and oxygen atoms in total. The molecule has 1 atom stereocenters. The van der Waals surface area contributed by atoms with Gasteiger partial charge in [-0.2, -0.15) is 0 Å². The topological polar surface area (TPSA) is 93.7 Å². The van der Waals surface area contributed by atoms with Gasteiger partial charge in [-0.25, -0.2) is 9.59 Å². The van der Waals surface area contributed by atoms with Crippen molar-refractivity contribution in [3.05, 3.63) is 124 Å². The average Bonchev–Trinajstić information content (AvgIpc) is 3.34. The highest BCUT2D eigenvalue weighted by Crippen LogP contribution is 2.38. The van der Waals surface area contributed by atoms with E-state index in [1.165, 1.54) is 23.3 Å². The van der Waals surface area contributed by atoms with Gasteiger partial charge in [0.1, 0.15) is 18.2 Å². The molecule has 0 heterocycles. The Morgan fingerprint density at radius 1 is 0.881 bits per heavy atom. The highest BCUT2D eigenvalue weighted by Gasteiger charge is 2.26. The van der Waals surface area contributed by atoms with Crippen LogP contribution in [0.25, 0.3) is 11.1 Å². The van der Waals surface area contributed by atoms with E-state index in [1.807, 2.05) is 30.3 Å². The molecule has 5 rings (SSSR count). The van der Waals surface area contributed by atoms with E-state index in [0.717, 1.165) is 23.1 Å². The predicted molar refractivity (Wildman–Crippen MR) is 162 cm³/mol. The maximum absolute atomic E-state index is 13.4. The smallest absolute Gasteiger partial charge is 0.408 e. The highest BCUT2D eigenvalue weighted by molar-refractivity contribution is 6.34. The minimum Gasteiger partial charge on any atom is -0.456 e. The van der Waals surface area contributed by atoms with Gasteiger partial charge in [-0.05, 0) is 78.8 Å². The molecule has 0 radical (unpaired) electrons. The van der Waals surface area contributed by atoms with Gasteiger partial charge in [0.15, 0.2) is 0 Å². The van der Waals surface area contributed by atoms with Crippen LogP contribution in [-0.4, -0.2) is 23.6 Å². The van der Waals surface area contributed by atoms with E-state index < -0.39 is 29.6 Å². The molecule has 2 amide bonds. The maximum atomic E-state index is 13.4. The lowest BCUT2D eigenvalue weighted by Crippen LogP contribution is -2.37. The molecule has 214 valence electrons. The van der Waals surface area contributed by atoms with Gasteiger partial charge < -0.3 is 20.1 Å². The summed E-state index contributed by atoms with van der Waals surface area (Å²) in [7, 11) is 0. The maximum Gasteiger partial charge on any atom is 0.408 e. The monoisotopic (exact) mass is 582 g/mol. The second kappa shape index (κ2) is 12.1. The number of hydrogen-bond acceptors (Lipinski definition) is 5. The summed E-state index contributed by atoms with van der Waals surface area (Å²) in [5.74, 6) is -1.07. The number of hydrogen-bond donors (Lipinski definition) is 2. The molecule has 1 aliphatic carbocycles. The van der Waals surface area contributed by atoms with Crippen LogP contribution in [0.2, 0.25) is 5.02 Å². The van der Waals surface area contributed by atoms with Gasteiger partial charge in [-0.3, -0.25) is 4.79 Å². The summed E-state index contributed by atoms with van der Waals surface area (Å²) in [4.78, 5) is 38.8. The van der Waals surface area contributed by atoms with Crippen molar-refractivity contribution in [1.82, 2.24) is 5.32 Å². The molecule has 1 aliphatic rings. The minimum atomic E-state index is -1.05. The van der Waals surface area contributed by atoms with E-state index in [1.54, 1.807) is 51.1 Å². The van der Waals surface area contributed by atoms with Gasteiger partial charge in [0.2, 0.25) is 0 Å². The third-order valence-electron chi connectivity index (χ3n) is 6.82. The number of benzene rings is 4. The Balaban J connectivity index is 1.27. The number of fused-ring (bicyclic) bond motifs is 3. The van der Waals surface area contributed by atoms with Crippen molar-refractivity contribution in [3.63, 3.8) is 0 Å². The number of amides is 2. The van der Waals surface area contributed by atoms with Crippen molar-refractivity contribution in [2.45, 2.75) is 45.4 Å². The quantitative estimate of drug-likeness (QED) is 0.194. The van der Waals surface area contributed by atoms with Crippen molar-refractivity contribution in [3.8, 4) is 11.1 Å². The molecule has 0 unspecified atom stereocenters. The summed E-state index contributed by atoms with van der Waals surface area (Å²) in [6.45, 7) is 5.36. The summed E-state index contributed by atoms with van der Waals surface area (Å²) < 4.78 is 11.0. The molecular weight excluding hydrogens is 552 g/mol. The molecule has 4 aromatic carbocycles. The van der Waals surface area contributed by atoms with Crippen LogP contribution < -0.4 is 10.6 Å². The number of halogens is 1. The highest BCUT2D eigenvalue weighted by atomic mass is 35.5. The molecule has 8 heteroatoms. The summed E-state index contributed by atoms with van der Waals surface area (Å²) in [5, 5.41) is 5.60. The van der Waals surface area contributed by atoms with E-state index in [2.05, 4.69) is 28.8 Å². The average molecular weight is 583 g/mol. The first kappa shape index (κ1) is 28.9. The summed E-state index contributed by atoms with van der Waals surface area (Å²) >= 11 is 6.34. The Morgan fingerprint density at radius 2 is 1.60 bits per heavy atom. The fourth-order valence-electron chi connectivity index (χ4n) is 4.91. The van der Waals surface area contributed by atoms with Crippen LogP contribution in [0.5, 0.6) is 0 Å². The van der Waals surface area contributed by atoms with Gasteiger partial charge in [-0.15, -0.1) is 0 Å². The van der Waals surface area contributed by atoms with Gasteiger partial charge in [0.05, 0.1) is 10.6 Å². The van der Waals surface area contributed by atoms with Crippen LogP contribution in [0, 0.1) is 0 Å². The summed E-state index contributed by atoms with van der Waals surface area (Å²) in [6.07, 6.45) is 0.0437. The zero-order valence-electron chi connectivity index (χ0n) is 23.6. The molecule has 0 fully saturated rings. The molecule has 0 saturated carbocycles. The van der Waals surface area contributed by atoms with E-state index in [4.69, 9.17) is 21.1 Å². The fourth-order valence-corrected chi connectivity index (χ4v) is 5.17. The zero-order chi connectivity index (χ0) is 29.9. The fraction of sp³-hybridized carbons (Fsp3) is 0.206. The summed E-state index contributed by atoms with van der Waals surface area (Å²) in [6, 6.07) is 26.5. The van der Waals surface area contributed by atoms with Crippen molar-refractivity contribution in [2.24, 2.45) is 0 Å². The zero-order valence-corrected chi connectivity index (χ0v) is 24.3. The molecule has 42 heavy (non-hydrogen) atoms. The molecule has 2 N–H and O–H groups in total. The second-order valence-electron chi connectivity index (χ2n) is 11.0. The number of carbonyl (C=O) groups is 3. The first-order valence-corrected chi connectivity index (χ1v) is 14.0. The van der Waals surface area contributed by atoms with Crippen molar-refractivity contribution in [2.75, 3.05) is 5.32 Å². The Hall–Kier alpha value is -4.62. The number of carbonyl (C=O) groups excluding carboxylic acids is 3.